The van der Waals surface area contributed by atoms with Crippen LogP contribution in [0.1, 0.15) is 40.7 Å². The summed E-state index contributed by atoms with van der Waals surface area (Å²) >= 11 is 0. The van der Waals surface area contributed by atoms with E-state index < -0.39 is 0 Å². The van der Waals surface area contributed by atoms with E-state index in [1.165, 1.54) is 0 Å². The van der Waals surface area contributed by atoms with Crippen molar-refractivity contribution in [1.29, 1.82) is 0 Å². The number of rotatable bonds is 7. The van der Waals surface area contributed by atoms with Crippen LogP contribution in [0.3, 0.4) is 0 Å². The molecule has 38 heavy (non-hydrogen) atoms. The monoisotopic (exact) mass is 498 g/mol. The van der Waals surface area contributed by atoms with Gasteiger partial charge in [0.1, 0.15) is 11.6 Å². The standard InChI is InChI=1S/C33H30N4O/c1-4-10-31-35-32-22(2)17-25(33-34-28-13-8-9-14-29(28)36(33)3)19-30(32)37(31)20-23-15-16-27(26(18-23)21-38)24-11-6-5-7-12-24/h5-9,11-19,21H,4,10,20H2,1-3H3. The lowest BCUT2D eigenvalue weighted by Gasteiger charge is -2.13. The molecule has 2 aromatic heterocycles. The molecule has 4 aromatic carbocycles. The highest BCUT2D eigenvalue weighted by Crippen LogP contribution is 2.31. The van der Waals surface area contributed by atoms with E-state index in [0.29, 0.717) is 12.1 Å². The Bertz CT molecular complexity index is 1790. The molecule has 2 heterocycles. The number of carbonyl (C=O) groups is 1. The third-order valence-electron chi connectivity index (χ3n) is 7.31. The first kappa shape index (κ1) is 23.9. The smallest absolute Gasteiger partial charge is 0.150 e. The number of nitrogens with zero attached hydrogens (tertiary/aromatic N) is 4. The van der Waals surface area contributed by atoms with Gasteiger partial charge in [-0.25, -0.2) is 9.97 Å². The molecule has 0 bridgehead atoms. The van der Waals surface area contributed by atoms with Crippen molar-refractivity contribution in [3.63, 3.8) is 0 Å². The van der Waals surface area contributed by atoms with Gasteiger partial charge in [0.15, 0.2) is 6.29 Å². The fourth-order valence-electron chi connectivity index (χ4n) is 5.44. The van der Waals surface area contributed by atoms with E-state index in [0.717, 1.165) is 80.7 Å². The second-order valence-corrected chi connectivity index (χ2v) is 9.91. The highest BCUT2D eigenvalue weighted by molar-refractivity contribution is 5.89. The average molecular weight is 499 g/mol. The molecule has 6 rings (SSSR count). The number of benzene rings is 4. The molecule has 0 atom stereocenters. The SMILES string of the molecule is CCCc1nc2c(C)cc(-c3nc4ccccc4n3C)cc2n1Cc1ccc(-c2ccccc2)c(C=O)c1. The maximum atomic E-state index is 12.1. The molecule has 0 radical (unpaired) electrons. The van der Waals surface area contributed by atoms with Crippen molar-refractivity contribution in [2.45, 2.75) is 33.2 Å². The van der Waals surface area contributed by atoms with Crippen LogP contribution in [0.4, 0.5) is 0 Å². The average Bonchev–Trinajstić information content (AvgIpc) is 3.47. The summed E-state index contributed by atoms with van der Waals surface area (Å²) in [4.78, 5) is 22.1. The molecule has 0 saturated carbocycles. The van der Waals surface area contributed by atoms with Gasteiger partial charge in [0.05, 0.1) is 22.1 Å². The van der Waals surface area contributed by atoms with Gasteiger partial charge in [-0.15, -0.1) is 0 Å². The summed E-state index contributed by atoms with van der Waals surface area (Å²) < 4.78 is 4.46. The topological polar surface area (TPSA) is 52.7 Å². The minimum atomic E-state index is 0.646. The quantitative estimate of drug-likeness (QED) is 0.216. The van der Waals surface area contributed by atoms with Gasteiger partial charge >= 0.3 is 0 Å². The minimum absolute atomic E-state index is 0.646. The first-order valence-electron chi connectivity index (χ1n) is 13.1. The maximum absolute atomic E-state index is 12.1. The Kier molecular flexibility index (Phi) is 6.12. The number of hydrogen-bond acceptors (Lipinski definition) is 3. The third kappa shape index (κ3) is 4.10. The van der Waals surface area contributed by atoms with Gasteiger partial charge in [0.2, 0.25) is 0 Å². The van der Waals surface area contributed by atoms with E-state index in [1.54, 1.807) is 0 Å². The summed E-state index contributed by atoms with van der Waals surface area (Å²) in [5.74, 6) is 2.00. The maximum Gasteiger partial charge on any atom is 0.150 e. The predicted octanol–water partition coefficient (Wildman–Crippen LogP) is 7.38. The van der Waals surface area contributed by atoms with Gasteiger partial charge in [-0.2, -0.15) is 0 Å². The molecule has 0 unspecified atom stereocenters. The van der Waals surface area contributed by atoms with Crippen LogP contribution in [0.15, 0.2) is 84.9 Å². The zero-order valence-corrected chi connectivity index (χ0v) is 22.0. The van der Waals surface area contributed by atoms with Crippen LogP contribution in [0, 0.1) is 6.92 Å². The molecule has 5 nitrogen and oxygen atoms in total. The van der Waals surface area contributed by atoms with Crippen LogP contribution in [0.25, 0.3) is 44.6 Å². The Labute approximate surface area is 222 Å². The van der Waals surface area contributed by atoms with Crippen LogP contribution in [-0.4, -0.2) is 25.4 Å². The third-order valence-corrected chi connectivity index (χ3v) is 7.31. The Morgan fingerprint density at radius 2 is 1.63 bits per heavy atom. The predicted molar refractivity (Wildman–Crippen MR) is 155 cm³/mol. The lowest BCUT2D eigenvalue weighted by molar-refractivity contribution is 0.112. The summed E-state index contributed by atoms with van der Waals surface area (Å²) in [5, 5.41) is 0. The van der Waals surface area contributed by atoms with Crippen molar-refractivity contribution in [2.24, 2.45) is 7.05 Å². The molecule has 5 heteroatoms. The van der Waals surface area contributed by atoms with E-state index in [9.17, 15) is 4.79 Å². The summed E-state index contributed by atoms with van der Waals surface area (Å²) in [6.07, 6.45) is 2.85. The van der Waals surface area contributed by atoms with Gasteiger partial charge in [0.25, 0.3) is 0 Å². The largest absolute Gasteiger partial charge is 0.327 e. The van der Waals surface area contributed by atoms with Gasteiger partial charge in [-0.1, -0.05) is 61.5 Å². The van der Waals surface area contributed by atoms with Crippen LogP contribution >= 0.6 is 0 Å². The number of carbonyl (C=O) groups excluding carboxylic acids is 1. The van der Waals surface area contributed by atoms with Crippen LogP contribution in [0.2, 0.25) is 0 Å². The summed E-state index contributed by atoms with van der Waals surface area (Å²) in [6.45, 7) is 4.95. The molecule has 0 aliphatic heterocycles. The van der Waals surface area contributed by atoms with E-state index >= 15 is 0 Å². The van der Waals surface area contributed by atoms with Crippen LogP contribution in [-0.2, 0) is 20.0 Å². The molecule has 0 spiro atoms. The molecule has 0 amide bonds. The van der Waals surface area contributed by atoms with Crippen molar-refractivity contribution in [1.82, 2.24) is 19.1 Å². The van der Waals surface area contributed by atoms with Crippen molar-refractivity contribution in [3.05, 3.63) is 107 Å². The lowest BCUT2D eigenvalue weighted by Crippen LogP contribution is -2.06. The second-order valence-electron chi connectivity index (χ2n) is 9.91. The van der Waals surface area contributed by atoms with E-state index in [2.05, 4.69) is 66.4 Å². The molecular weight excluding hydrogens is 468 g/mol. The Morgan fingerprint density at radius 3 is 2.39 bits per heavy atom. The van der Waals surface area contributed by atoms with Crippen molar-refractivity contribution < 1.29 is 4.79 Å². The number of fused-ring (bicyclic) bond motifs is 2. The van der Waals surface area contributed by atoms with Gasteiger partial charge < -0.3 is 9.13 Å². The van der Waals surface area contributed by atoms with E-state index in [4.69, 9.17) is 9.97 Å². The highest BCUT2D eigenvalue weighted by atomic mass is 16.1. The van der Waals surface area contributed by atoms with E-state index in [-0.39, 0.29) is 0 Å². The zero-order chi connectivity index (χ0) is 26.2. The molecular formula is C33H30N4O. The normalized spacial score (nSPS) is 11.4. The van der Waals surface area contributed by atoms with Gasteiger partial charge in [-0.05, 0) is 65.9 Å². The van der Waals surface area contributed by atoms with Crippen molar-refractivity contribution in [3.8, 4) is 22.5 Å². The number of para-hydroxylation sites is 2. The molecule has 0 N–H and O–H groups in total. The van der Waals surface area contributed by atoms with Crippen LogP contribution < -0.4 is 0 Å². The summed E-state index contributed by atoms with van der Waals surface area (Å²) in [5.41, 5.74) is 10.2. The molecule has 0 aliphatic carbocycles. The molecule has 188 valence electrons. The highest BCUT2D eigenvalue weighted by Gasteiger charge is 2.17. The Hall–Kier alpha value is -4.51. The molecule has 0 aliphatic rings. The fraction of sp³-hybridized carbons (Fsp3) is 0.182. The first-order valence-corrected chi connectivity index (χ1v) is 13.1. The van der Waals surface area contributed by atoms with Crippen molar-refractivity contribution >= 4 is 28.4 Å². The van der Waals surface area contributed by atoms with Crippen LogP contribution in [0.5, 0.6) is 0 Å². The summed E-state index contributed by atoms with van der Waals surface area (Å²) in [7, 11) is 2.07. The number of aromatic nitrogens is 4. The van der Waals surface area contributed by atoms with Crippen molar-refractivity contribution in [2.75, 3.05) is 0 Å². The molecule has 0 saturated heterocycles. The second kappa shape index (κ2) is 9.75. The number of imidazole rings is 2. The van der Waals surface area contributed by atoms with Gasteiger partial charge in [-0.3, -0.25) is 4.79 Å². The summed E-state index contributed by atoms with van der Waals surface area (Å²) in [6, 6.07) is 28.9. The zero-order valence-electron chi connectivity index (χ0n) is 22.0. The lowest BCUT2D eigenvalue weighted by atomic mass is 9.98. The fourth-order valence-corrected chi connectivity index (χ4v) is 5.44. The number of aryl methyl sites for hydroxylation is 3. The van der Waals surface area contributed by atoms with E-state index in [1.807, 2.05) is 48.5 Å². The Morgan fingerprint density at radius 1 is 0.842 bits per heavy atom. The number of hydrogen-bond donors (Lipinski definition) is 0. The van der Waals surface area contributed by atoms with Gasteiger partial charge in [0, 0.05) is 31.1 Å². The Balaban J connectivity index is 1.47. The minimum Gasteiger partial charge on any atom is -0.327 e. The first-order chi connectivity index (χ1) is 18.6. The molecule has 6 aromatic rings. The molecule has 0 fully saturated rings. The number of aldehydes is 1.